The maximum absolute atomic E-state index is 11.0. The number of carboxylic acid groups (broad SMARTS) is 1. The van der Waals surface area contributed by atoms with Crippen molar-refractivity contribution in [2.45, 2.75) is 6.54 Å². The van der Waals surface area contributed by atoms with E-state index in [2.05, 4.69) is 4.74 Å². The van der Waals surface area contributed by atoms with Crippen LogP contribution in [0.5, 0.6) is 0 Å². The zero-order valence-corrected chi connectivity index (χ0v) is 7.10. The molecule has 2 N–H and O–H groups in total. The van der Waals surface area contributed by atoms with Crippen LogP contribution in [0.1, 0.15) is 0 Å². The second-order valence-corrected chi connectivity index (χ2v) is 2.42. The summed E-state index contributed by atoms with van der Waals surface area (Å²) in [6.07, 6.45) is -0.130. The van der Waals surface area contributed by atoms with Crippen molar-refractivity contribution in [2.75, 3.05) is 6.61 Å². The first-order valence-corrected chi connectivity index (χ1v) is 3.75. The molecule has 0 aromatic carbocycles. The first kappa shape index (κ1) is 10.0. The third kappa shape index (κ3) is 2.77. The molecule has 7 nitrogen and oxygen atoms in total. The number of rotatable bonds is 3. The highest BCUT2D eigenvalue weighted by Gasteiger charge is 1.98. The van der Waals surface area contributed by atoms with E-state index >= 15 is 0 Å². The van der Waals surface area contributed by atoms with E-state index in [1.807, 2.05) is 4.98 Å². The molecule has 14 heavy (non-hydrogen) atoms. The molecule has 76 valence electrons. The normalized spacial score (nSPS) is 9.71. The summed E-state index contributed by atoms with van der Waals surface area (Å²) in [5, 5.41) is 8.14. The second-order valence-electron chi connectivity index (χ2n) is 2.42. The highest BCUT2D eigenvalue weighted by Crippen LogP contribution is 1.80. The van der Waals surface area contributed by atoms with Crippen LogP contribution in [0, 0.1) is 0 Å². The molecule has 0 saturated heterocycles. The molecule has 0 spiro atoms. The number of nitrogens with zero attached hydrogens (tertiary/aromatic N) is 1. The lowest BCUT2D eigenvalue weighted by molar-refractivity contribution is 0.0881. The second kappa shape index (κ2) is 4.26. The topological polar surface area (TPSA) is 101 Å². The van der Waals surface area contributed by atoms with Crippen molar-refractivity contribution in [3.05, 3.63) is 33.1 Å². The number of hydrogen-bond acceptors (Lipinski definition) is 4. The van der Waals surface area contributed by atoms with E-state index < -0.39 is 17.4 Å². The van der Waals surface area contributed by atoms with Crippen molar-refractivity contribution in [1.82, 2.24) is 9.55 Å². The maximum atomic E-state index is 11.0. The highest BCUT2D eigenvalue weighted by atomic mass is 16.7. The molecule has 1 aromatic heterocycles. The van der Waals surface area contributed by atoms with E-state index in [0.29, 0.717) is 0 Å². The fourth-order valence-electron chi connectivity index (χ4n) is 0.852. The Labute approximate surface area is 77.6 Å². The molecule has 7 heteroatoms. The van der Waals surface area contributed by atoms with Gasteiger partial charge in [0.15, 0.2) is 0 Å². The molecule has 0 radical (unpaired) electrons. The Morgan fingerprint density at radius 1 is 1.57 bits per heavy atom. The Morgan fingerprint density at radius 2 is 2.29 bits per heavy atom. The summed E-state index contributed by atoms with van der Waals surface area (Å²) in [6.45, 7) is -0.0663. The molecule has 0 aliphatic rings. The van der Waals surface area contributed by atoms with Crippen LogP contribution in [-0.2, 0) is 11.3 Å². The summed E-state index contributed by atoms with van der Waals surface area (Å²) in [5.41, 5.74) is -1.09. The number of hydrogen-bond donors (Lipinski definition) is 2. The lowest BCUT2D eigenvalue weighted by Crippen LogP contribution is -2.30. The van der Waals surface area contributed by atoms with Crippen LogP contribution in [0.2, 0.25) is 0 Å². The van der Waals surface area contributed by atoms with Crippen LogP contribution in [0.15, 0.2) is 21.9 Å². The van der Waals surface area contributed by atoms with Crippen LogP contribution in [-0.4, -0.2) is 27.4 Å². The van der Waals surface area contributed by atoms with Gasteiger partial charge < -0.3 is 9.84 Å². The van der Waals surface area contributed by atoms with Crippen LogP contribution in [0.3, 0.4) is 0 Å². The van der Waals surface area contributed by atoms with Crippen molar-refractivity contribution in [2.24, 2.45) is 0 Å². The van der Waals surface area contributed by atoms with Gasteiger partial charge in [-0.3, -0.25) is 14.3 Å². The quantitative estimate of drug-likeness (QED) is 0.624. The third-order valence-electron chi connectivity index (χ3n) is 1.45. The van der Waals surface area contributed by atoms with E-state index in [1.165, 1.54) is 12.3 Å². The smallest absolute Gasteiger partial charge is 0.450 e. The van der Waals surface area contributed by atoms with Crippen molar-refractivity contribution in [3.8, 4) is 0 Å². The van der Waals surface area contributed by atoms with Crippen molar-refractivity contribution in [1.29, 1.82) is 0 Å². The van der Waals surface area contributed by atoms with Crippen LogP contribution < -0.4 is 11.2 Å². The number of ether oxygens (including phenoxy) is 1. The van der Waals surface area contributed by atoms with Gasteiger partial charge in [-0.15, -0.1) is 0 Å². The van der Waals surface area contributed by atoms with Gasteiger partial charge in [-0.25, -0.2) is 9.59 Å². The first-order valence-electron chi connectivity index (χ1n) is 3.75. The van der Waals surface area contributed by atoms with Gasteiger partial charge in [-0.2, -0.15) is 0 Å². The van der Waals surface area contributed by atoms with Gasteiger partial charge in [0, 0.05) is 12.3 Å². The minimum absolute atomic E-state index is 0.0713. The van der Waals surface area contributed by atoms with Gasteiger partial charge >= 0.3 is 11.8 Å². The Kier molecular flexibility index (Phi) is 3.05. The molecule has 0 unspecified atom stereocenters. The average molecular weight is 200 g/mol. The van der Waals surface area contributed by atoms with Crippen LogP contribution >= 0.6 is 0 Å². The van der Waals surface area contributed by atoms with Crippen LogP contribution in [0.4, 0.5) is 4.79 Å². The Balaban J connectivity index is 2.64. The summed E-state index contributed by atoms with van der Waals surface area (Å²) < 4.78 is 5.34. The molecule has 1 heterocycles. The molecular weight excluding hydrogens is 192 g/mol. The summed E-state index contributed by atoms with van der Waals surface area (Å²) in [5.74, 6) is 0. The van der Waals surface area contributed by atoms with E-state index in [-0.39, 0.29) is 13.2 Å². The molecule has 0 bridgehead atoms. The standard InChI is InChI=1S/C7H8N2O5/c10-5-1-2-9(6(11)8-5)3-4-14-7(12)13/h1-2H,3-4H2,(H,12,13)(H,8,10,11). The third-order valence-corrected chi connectivity index (χ3v) is 1.45. The number of nitrogens with one attached hydrogen (secondary N) is 1. The number of aromatic amines is 1. The predicted octanol–water partition coefficient (Wildman–Crippen LogP) is -0.769. The van der Waals surface area contributed by atoms with Crippen molar-refractivity contribution < 1.29 is 14.6 Å². The lowest BCUT2D eigenvalue weighted by Gasteiger charge is -2.02. The minimum Gasteiger partial charge on any atom is -0.450 e. The zero-order valence-electron chi connectivity index (χ0n) is 7.10. The molecule has 0 amide bonds. The van der Waals surface area contributed by atoms with E-state index in [9.17, 15) is 14.4 Å². The largest absolute Gasteiger partial charge is 0.505 e. The number of carbonyl (C=O) groups is 1. The number of aromatic nitrogens is 2. The molecule has 0 aliphatic carbocycles. The number of H-pyrrole nitrogens is 1. The fourth-order valence-corrected chi connectivity index (χ4v) is 0.852. The SMILES string of the molecule is O=C(O)OCCn1ccc(=O)[nH]c1=O. The molecule has 0 fully saturated rings. The Bertz CT molecular complexity index is 432. The van der Waals surface area contributed by atoms with Gasteiger partial charge in [-0.1, -0.05) is 0 Å². The molecular formula is C7H8N2O5. The van der Waals surface area contributed by atoms with Gasteiger partial charge in [-0.05, 0) is 0 Å². The van der Waals surface area contributed by atoms with Crippen molar-refractivity contribution >= 4 is 6.16 Å². The summed E-state index contributed by atoms with van der Waals surface area (Å²) in [6, 6.07) is 1.17. The molecule has 1 aromatic rings. The van der Waals surface area contributed by atoms with Gasteiger partial charge in [0.05, 0.1) is 6.54 Å². The van der Waals surface area contributed by atoms with Crippen LogP contribution in [0.25, 0.3) is 0 Å². The summed E-state index contributed by atoms with van der Waals surface area (Å²) in [4.78, 5) is 33.6. The molecule has 1 rings (SSSR count). The monoisotopic (exact) mass is 200 g/mol. The van der Waals surface area contributed by atoms with E-state index in [0.717, 1.165) is 4.57 Å². The van der Waals surface area contributed by atoms with E-state index in [4.69, 9.17) is 5.11 Å². The zero-order chi connectivity index (χ0) is 10.6. The predicted molar refractivity (Wildman–Crippen MR) is 45.3 cm³/mol. The molecule has 0 aliphatic heterocycles. The first-order chi connectivity index (χ1) is 6.59. The summed E-state index contributed by atoms with van der Waals surface area (Å²) in [7, 11) is 0. The molecule has 0 saturated carbocycles. The van der Waals surface area contributed by atoms with Crippen molar-refractivity contribution in [3.63, 3.8) is 0 Å². The average Bonchev–Trinajstić information content (AvgIpc) is 2.08. The summed E-state index contributed by atoms with van der Waals surface area (Å²) >= 11 is 0. The molecule has 0 atom stereocenters. The highest BCUT2D eigenvalue weighted by molar-refractivity contribution is 5.56. The van der Waals surface area contributed by atoms with Gasteiger partial charge in [0.1, 0.15) is 6.61 Å². The van der Waals surface area contributed by atoms with Gasteiger partial charge in [0.2, 0.25) is 0 Å². The maximum Gasteiger partial charge on any atom is 0.505 e. The van der Waals surface area contributed by atoms with E-state index in [1.54, 1.807) is 0 Å². The fraction of sp³-hybridized carbons (Fsp3) is 0.286. The Hall–Kier alpha value is -2.05. The Morgan fingerprint density at radius 3 is 2.86 bits per heavy atom. The minimum atomic E-state index is -1.40. The lowest BCUT2D eigenvalue weighted by atomic mass is 10.6. The van der Waals surface area contributed by atoms with Gasteiger partial charge in [0.25, 0.3) is 5.56 Å².